The van der Waals surface area contributed by atoms with E-state index in [-0.39, 0.29) is 0 Å². The summed E-state index contributed by atoms with van der Waals surface area (Å²) >= 11 is 0. The second kappa shape index (κ2) is 9.10. The zero-order valence-electron chi connectivity index (χ0n) is 5.52. The first-order valence-electron chi connectivity index (χ1n) is 2.13. The van der Waals surface area contributed by atoms with E-state index in [1.165, 1.54) is 0 Å². The van der Waals surface area contributed by atoms with Gasteiger partial charge in [0, 0.05) is 0 Å². The number of hydrogen-bond donors (Lipinski definition) is 0. The summed E-state index contributed by atoms with van der Waals surface area (Å²) in [6, 6.07) is 0. The van der Waals surface area contributed by atoms with Gasteiger partial charge in [-0.3, -0.25) is 0 Å². The molecule has 0 N–H and O–H groups in total. The van der Waals surface area contributed by atoms with Crippen LogP contribution in [-0.2, 0) is 0 Å². The maximum Gasteiger partial charge on any atom is -0.00297 e. The van der Waals surface area contributed by atoms with Crippen molar-refractivity contribution in [2.24, 2.45) is 0 Å². The molecule has 42 valence electrons. The fraction of sp³-hybridized carbons (Fsp3) is 0.667. The van der Waals surface area contributed by atoms with Gasteiger partial charge in [0.15, 0.2) is 0 Å². The van der Waals surface area contributed by atoms with Crippen molar-refractivity contribution in [2.75, 3.05) is 21.1 Å². The second-order valence-corrected chi connectivity index (χ2v) is 1.63. The largest absolute Gasteiger partial charge is 0.312 e. The quantitative estimate of drug-likeness (QED) is 0.406. The van der Waals surface area contributed by atoms with Gasteiger partial charge in [0.2, 0.25) is 0 Å². The lowest BCUT2D eigenvalue weighted by Crippen LogP contribution is -1.99. The van der Waals surface area contributed by atoms with E-state index in [2.05, 4.69) is 12.3 Å². The van der Waals surface area contributed by atoms with Gasteiger partial charge in [0.05, 0.1) is 0 Å². The molecule has 1 nitrogen and oxygen atoms in total. The van der Waals surface area contributed by atoms with Crippen LogP contribution in [0.2, 0.25) is 0 Å². The maximum absolute atomic E-state index is 4.60. The lowest BCUT2D eigenvalue weighted by atomic mass is 10.9. The van der Waals surface area contributed by atoms with Gasteiger partial charge in [-0.2, -0.15) is 0 Å². The molecule has 0 unspecified atom stereocenters. The van der Waals surface area contributed by atoms with Crippen molar-refractivity contribution in [3.63, 3.8) is 0 Å². The van der Waals surface area contributed by atoms with E-state index in [1.54, 1.807) is 6.92 Å². The molecule has 0 saturated carbocycles. The Hall–Kier alpha value is -0.480. The fourth-order valence-electron chi connectivity index (χ4n) is 0. The normalized spacial score (nSPS) is 6.29. The van der Waals surface area contributed by atoms with Gasteiger partial charge < -0.3 is 4.90 Å². The highest BCUT2D eigenvalue weighted by Crippen LogP contribution is 1.47. The molecular formula is C6H13N. The Kier molecular flexibility index (Phi) is 12.6. The summed E-state index contributed by atoms with van der Waals surface area (Å²) in [5.74, 6) is 2.25. The average Bonchev–Trinajstić information content (AvgIpc) is 1.33. The van der Waals surface area contributed by atoms with Crippen LogP contribution in [0, 0.1) is 12.3 Å². The lowest BCUT2D eigenvalue weighted by Gasteiger charge is -1.90. The van der Waals surface area contributed by atoms with E-state index in [1.807, 2.05) is 26.0 Å². The van der Waals surface area contributed by atoms with Crippen molar-refractivity contribution in [1.82, 2.24) is 4.90 Å². The van der Waals surface area contributed by atoms with Gasteiger partial charge in [0.1, 0.15) is 0 Å². The minimum Gasteiger partial charge on any atom is -0.312 e. The summed E-state index contributed by atoms with van der Waals surface area (Å²) in [5.41, 5.74) is 0. The predicted molar refractivity (Wildman–Crippen MR) is 34.1 cm³/mol. The molecule has 0 saturated heterocycles. The molecule has 0 aliphatic rings. The van der Waals surface area contributed by atoms with Crippen molar-refractivity contribution >= 4 is 0 Å². The third-order valence-electron chi connectivity index (χ3n) is 0. The van der Waals surface area contributed by atoms with Crippen LogP contribution in [0.1, 0.15) is 6.92 Å². The van der Waals surface area contributed by atoms with Crippen LogP contribution in [0.3, 0.4) is 0 Å². The Bertz CT molecular complexity index is 46.9. The van der Waals surface area contributed by atoms with Crippen molar-refractivity contribution in [1.29, 1.82) is 0 Å². The van der Waals surface area contributed by atoms with E-state index in [0.717, 1.165) is 0 Å². The van der Waals surface area contributed by atoms with E-state index in [9.17, 15) is 0 Å². The molecule has 0 fully saturated rings. The Morgan fingerprint density at radius 3 is 1.29 bits per heavy atom. The summed E-state index contributed by atoms with van der Waals surface area (Å²) in [4.78, 5) is 2.00. The molecule has 0 aromatic heterocycles. The molecule has 0 aromatic carbocycles. The van der Waals surface area contributed by atoms with Gasteiger partial charge in [-0.25, -0.2) is 0 Å². The molecule has 0 radical (unpaired) electrons. The van der Waals surface area contributed by atoms with Crippen LogP contribution < -0.4 is 0 Å². The van der Waals surface area contributed by atoms with Crippen molar-refractivity contribution in [3.8, 4) is 12.3 Å². The first kappa shape index (κ1) is 9.72. The van der Waals surface area contributed by atoms with Crippen molar-refractivity contribution in [3.05, 3.63) is 0 Å². The van der Waals surface area contributed by atoms with Gasteiger partial charge >= 0.3 is 0 Å². The highest BCUT2D eigenvalue weighted by molar-refractivity contribution is 4.73. The third-order valence-corrected chi connectivity index (χ3v) is 0. The average molecular weight is 99.2 g/mol. The highest BCUT2D eigenvalue weighted by Gasteiger charge is 1.58. The molecule has 0 rings (SSSR count). The van der Waals surface area contributed by atoms with Crippen LogP contribution in [0.15, 0.2) is 0 Å². The Morgan fingerprint density at radius 1 is 1.29 bits per heavy atom. The van der Waals surface area contributed by atoms with Gasteiger partial charge in [-0.05, 0) is 28.1 Å². The Morgan fingerprint density at radius 2 is 1.29 bits per heavy atom. The first-order valence-corrected chi connectivity index (χ1v) is 2.13. The summed E-state index contributed by atoms with van der Waals surface area (Å²) in [5, 5.41) is 0. The molecule has 0 aromatic rings. The molecule has 0 aliphatic carbocycles. The van der Waals surface area contributed by atoms with Crippen LogP contribution in [0.25, 0.3) is 0 Å². The fourth-order valence-corrected chi connectivity index (χ4v) is 0. The molecular weight excluding hydrogens is 86.1 g/mol. The molecule has 7 heavy (non-hydrogen) atoms. The molecule has 0 heterocycles. The lowest BCUT2D eigenvalue weighted by molar-refractivity contribution is 0.505. The van der Waals surface area contributed by atoms with E-state index in [0.29, 0.717) is 0 Å². The number of hydrogen-bond acceptors (Lipinski definition) is 1. The first-order chi connectivity index (χ1) is 3.15. The molecule has 0 aliphatic heterocycles. The zero-order valence-corrected chi connectivity index (χ0v) is 5.52. The van der Waals surface area contributed by atoms with Gasteiger partial charge in [0.25, 0.3) is 0 Å². The van der Waals surface area contributed by atoms with E-state index in [4.69, 9.17) is 0 Å². The van der Waals surface area contributed by atoms with Crippen LogP contribution >= 0.6 is 0 Å². The summed E-state index contributed by atoms with van der Waals surface area (Å²) in [6.45, 7) is 1.65. The highest BCUT2D eigenvalue weighted by atomic mass is 15.0. The Balaban J connectivity index is 0. The van der Waals surface area contributed by atoms with E-state index < -0.39 is 0 Å². The summed E-state index contributed by atoms with van der Waals surface area (Å²) < 4.78 is 0. The van der Waals surface area contributed by atoms with Crippen molar-refractivity contribution < 1.29 is 0 Å². The zero-order chi connectivity index (χ0) is 6.28. The predicted octanol–water partition coefficient (Wildman–Crippen LogP) is 0.817. The minimum atomic E-state index is 1.65. The monoisotopic (exact) mass is 99.1 g/mol. The maximum atomic E-state index is 4.60. The molecule has 0 bridgehead atoms. The van der Waals surface area contributed by atoms with Gasteiger partial charge in [-0.1, -0.05) is 0 Å². The summed E-state index contributed by atoms with van der Waals surface area (Å²) in [7, 11) is 6.00. The molecule has 0 spiro atoms. The van der Waals surface area contributed by atoms with Crippen molar-refractivity contribution in [2.45, 2.75) is 6.92 Å². The minimum absolute atomic E-state index is 1.65. The molecule has 0 amide bonds. The van der Waals surface area contributed by atoms with Crippen LogP contribution in [-0.4, -0.2) is 26.0 Å². The standard InChI is InChI=1S/C3H9N.C3H4/c1-4(2)3;1-3-2/h1-3H3;1H,2H3. The topological polar surface area (TPSA) is 3.24 Å². The SMILES string of the molecule is C#CC.CN(C)C. The third kappa shape index (κ3) is 297. The van der Waals surface area contributed by atoms with Gasteiger partial charge in [-0.15, -0.1) is 12.3 Å². The number of rotatable bonds is 0. The van der Waals surface area contributed by atoms with Crippen LogP contribution in [0.4, 0.5) is 0 Å². The van der Waals surface area contributed by atoms with Crippen LogP contribution in [0.5, 0.6) is 0 Å². The molecule has 1 heteroatoms. The summed E-state index contributed by atoms with van der Waals surface area (Å²) in [6.07, 6.45) is 4.60. The number of terminal acetylenes is 1. The Labute approximate surface area is 46.3 Å². The second-order valence-electron chi connectivity index (χ2n) is 1.63. The number of nitrogens with zero attached hydrogens (tertiary/aromatic N) is 1. The smallest absolute Gasteiger partial charge is 0.00297 e. The molecule has 0 atom stereocenters. The van der Waals surface area contributed by atoms with E-state index >= 15 is 0 Å².